The molecule has 1 N–H and O–H groups in total. The van der Waals surface area contributed by atoms with Gasteiger partial charge in [0.15, 0.2) is 9.84 Å². The summed E-state index contributed by atoms with van der Waals surface area (Å²) in [6.45, 7) is 7.15. The molecule has 0 aromatic heterocycles. The second-order valence-electron chi connectivity index (χ2n) is 5.64. The van der Waals surface area contributed by atoms with Gasteiger partial charge in [-0.15, -0.1) is 12.4 Å². The molecule has 2 rings (SSSR count). The van der Waals surface area contributed by atoms with Gasteiger partial charge >= 0.3 is 0 Å². The van der Waals surface area contributed by atoms with E-state index in [0.29, 0.717) is 5.75 Å². The van der Waals surface area contributed by atoms with Crippen molar-refractivity contribution in [1.82, 2.24) is 10.2 Å². The molecule has 2 heterocycles. The monoisotopic (exact) mass is 310 g/mol. The van der Waals surface area contributed by atoms with Crippen LogP contribution in [-0.2, 0) is 9.84 Å². The van der Waals surface area contributed by atoms with E-state index in [1.807, 2.05) is 0 Å². The van der Waals surface area contributed by atoms with Crippen LogP contribution in [0, 0.1) is 5.92 Å². The summed E-state index contributed by atoms with van der Waals surface area (Å²) in [5.41, 5.74) is 0. The van der Waals surface area contributed by atoms with Crippen LogP contribution in [0.2, 0.25) is 0 Å². The van der Waals surface area contributed by atoms with E-state index in [2.05, 4.69) is 10.2 Å². The van der Waals surface area contributed by atoms with Gasteiger partial charge in [0, 0.05) is 12.3 Å². The highest BCUT2D eigenvalue weighted by molar-refractivity contribution is 7.92. The summed E-state index contributed by atoms with van der Waals surface area (Å²) in [4.78, 5) is 2.47. The third kappa shape index (κ3) is 4.88. The number of halogens is 1. The maximum atomic E-state index is 11.8. The maximum absolute atomic E-state index is 11.8. The molecule has 19 heavy (non-hydrogen) atoms. The summed E-state index contributed by atoms with van der Waals surface area (Å²) in [6, 6.07) is 0. The van der Waals surface area contributed by atoms with Crippen LogP contribution in [0.15, 0.2) is 0 Å². The van der Waals surface area contributed by atoms with Crippen LogP contribution in [-0.4, -0.2) is 57.0 Å². The molecular formula is C13H27ClN2O2S. The molecule has 0 unspecified atom stereocenters. The van der Waals surface area contributed by atoms with Crippen LogP contribution in [0.1, 0.15) is 32.6 Å². The van der Waals surface area contributed by atoms with Gasteiger partial charge in [0.1, 0.15) is 0 Å². The molecule has 0 aromatic carbocycles. The number of piperidine rings is 2. The average molecular weight is 311 g/mol. The normalized spacial score (nSPS) is 24.1. The van der Waals surface area contributed by atoms with Crippen LogP contribution in [0.5, 0.6) is 0 Å². The Hall–Kier alpha value is 0.160. The van der Waals surface area contributed by atoms with Crippen molar-refractivity contribution in [2.24, 2.45) is 5.92 Å². The van der Waals surface area contributed by atoms with Crippen LogP contribution in [0.3, 0.4) is 0 Å². The van der Waals surface area contributed by atoms with Crippen LogP contribution < -0.4 is 5.32 Å². The van der Waals surface area contributed by atoms with Crippen molar-refractivity contribution in [3.05, 3.63) is 0 Å². The largest absolute Gasteiger partial charge is 0.317 e. The van der Waals surface area contributed by atoms with E-state index in [-0.39, 0.29) is 17.7 Å². The van der Waals surface area contributed by atoms with Gasteiger partial charge in [0.2, 0.25) is 0 Å². The summed E-state index contributed by atoms with van der Waals surface area (Å²) in [5.74, 6) is 1.11. The first kappa shape index (κ1) is 17.2. The van der Waals surface area contributed by atoms with E-state index in [1.54, 1.807) is 6.92 Å². The van der Waals surface area contributed by atoms with Crippen molar-refractivity contribution in [2.45, 2.75) is 37.9 Å². The number of likely N-dealkylation sites (tertiary alicyclic amines) is 1. The van der Waals surface area contributed by atoms with Crippen molar-refractivity contribution < 1.29 is 8.42 Å². The van der Waals surface area contributed by atoms with Crippen molar-refractivity contribution in [1.29, 1.82) is 0 Å². The van der Waals surface area contributed by atoms with Crippen molar-refractivity contribution in [3.63, 3.8) is 0 Å². The number of rotatable bonds is 4. The van der Waals surface area contributed by atoms with Gasteiger partial charge in [-0.05, 0) is 57.8 Å². The maximum Gasteiger partial charge on any atom is 0.152 e. The first-order chi connectivity index (χ1) is 8.62. The number of hydrogen-bond acceptors (Lipinski definition) is 4. The number of nitrogens with zero attached hydrogens (tertiary/aromatic N) is 1. The van der Waals surface area contributed by atoms with Crippen LogP contribution >= 0.6 is 12.4 Å². The summed E-state index contributed by atoms with van der Waals surface area (Å²) in [6.07, 6.45) is 4.21. The molecule has 4 nitrogen and oxygen atoms in total. The Bertz CT molecular complexity index is 348. The molecular weight excluding hydrogens is 284 g/mol. The lowest BCUT2D eigenvalue weighted by Crippen LogP contribution is -2.43. The minimum absolute atomic E-state index is 0. The van der Waals surface area contributed by atoms with E-state index in [0.717, 1.165) is 44.9 Å². The number of nitrogens with one attached hydrogen (secondary N) is 1. The third-order valence-electron chi connectivity index (χ3n) is 4.42. The van der Waals surface area contributed by atoms with Gasteiger partial charge in [-0.1, -0.05) is 6.92 Å². The summed E-state index contributed by atoms with van der Waals surface area (Å²) < 4.78 is 23.6. The molecule has 0 radical (unpaired) electrons. The Balaban J connectivity index is 0.00000180. The fourth-order valence-electron chi connectivity index (χ4n) is 3.12. The Morgan fingerprint density at radius 2 is 1.68 bits per heavy atom. The second kappa shape index (κ2) is 7.81. The number of hydrogen-bond donors (Lipinski definition) is 1. The molecule has 0 aromatic rings. The lowest BCUT2D eigenvalue weighted by Gasteiger charge is -2.35. The van der Waals surface area contributed by atoms with E-state index in [9.17, 15) is 8.42 Å². The molecule has 0 spiro atoms. The second-order valence-corrected chi connectivity index (χ2v) is 8.21. The Labute approximate surface area is 123 Å². The van der Waals surface area contributed by atoms with Gasteiger partial charge in [0.05, 0.1) is 5.25 Å². The molecule has 2 aliphatic heterocycles. The Morgan fingerprint density at radius 3 is 2.21 bits per heavy atom. The highest BCUT2D eigenvalue weighted by atomic mass is 35.5. The Morgan fingerprint density at radius 1 is 1.11 bits per heavy atom. The molecule has 2 aliphatic rings. The van der Waals surface area contributed by atoms with Gasteiger partial charge in [-0.3, -0.25) is 0 Å². The molecule has 0 saturated carbocycles. The smallest absolute Gasteiger partial charge is 0.152 e. The molecule has 2 fully saturated rings. The lowest BCUT2D eigenvalue weighted by atomic mass is 9.96. The van der Waals surface area contributed by atoms with Crippen LogP contribution in [0.25, 0.3) is 0 Å². The molecule has 0 bridgehead atoms. The van der Waals surface area contributed by atoms with Gasteiger partial charge in [-0.2, -0.15) is 0 Å². The molecule has 0 aliphatic carbocycles. The SMILES string of the molecule is CCS(=O)(=O)C1CCN(CC2CCNCC2)CC1.Cl. The predicted molar refractivity (Wildman–Crippen MR) is 81.8 cm³/mol. The van der Waals surface area contributed by atoms with E-state index < -0.39 is 9.84 Å². The highest BCUT2D eigenvalue weighted by Crippen LogP contribution is 2.21. The molecule has 114 valence electrons. The zero-order chi connectivity index (χ0) is 13.0. The molecule has 0 atom stereocenters. The molecule has 6 heteroatoms. The lowest BCUT2D eigenvalue weighted by molar-refractivity contribution is 0.178. The fraction of sp³-hybridized carbons (Fsp3) is 1.00. The van der Waals surface area contributed by atoms with Crippen molar-refractivity contribution in [2.75, 3.05) is 38.5 Å². The quantitative estimate of drug-likeness (QED) is 0.850. The first-order valence-corrected chi connectivity index (χ1v) is 8.98. The van der Waals surface area contributed by atoms with Gasteiger partial charge in [0.25, 0.3) is 0 Å². The van der Waals surface area contributed by atoms with E-state index >= 15 is 0 Å². The van der Waals surface area contributed by atoms with E-state index in [4.69, 9.17) is 0 Å². The van der Waals surface area contributed by atoms with Crippen LogP contribution in [0.4, 0.5) is 0 Å². The summed E-state index contributed by atoms with van der Waals surface area (Å²) in [5, 5.41) is 3.31. The summed E-state index contributed by atoms with van der Waals surface area (Å²) >= 11 is 0. The standard InChI is InChI=1S/C13H26N2O2S.ClH/c1-2-18(16,17)13-5-9-15(10-6-13)11-12-3-7-14-8-4-12;/h12-14H,2-11H2,1H3;1H. The number of sulfone groups is 1. The zero-order valence-corrected chi connectivity index (χ0v) is 13.4. The minimum Gasteiger partial charge on any atom is -0.317 e. The Kier molecular flexibility index (Phi) is 7.08. The minimum atomic E-state index is -2.81. The topological polar surface area (TPSA) is 49.4 Å². The zero-order valence-electron chi connectivity index (χ0n) is 11.8. The van der Waals surface area contributed by atoms with E-state index in [1.165, 1.54) is 19.4 Å². The molecule has 0 amide bonds. The van der Waals surface area contributed by atoms with Crippen molar-refractivity contribution >= 4 is 22.2 Å². The van der Waals surface area contributed by atoms with Gasteiger partial charge in [-0.25, -0.2) is 8.42 Å². The predicted octanol–water partition coefficient (Wildman–Crippen LogP) is 1.31. The average Bonchev–Trinajstić information content (AvgIpc) is 2.40. The highest BCUT2D eigenvalue weighted by Gasteiger charge is 2.29. The third-order valence-corrected chi connectivity index (χ3v) is 6.71. The summed E-state index contributed by atoms with van der Waals surface area (Å²) in [7, 11) is -2.81. The van der Waals surface area contributed by atoms with Gasteiger partial charge < -0.3 is 10.2 Å². The first-order valence-electron chi connectivity index (χ1n) is 7.26. The van der Waals surface area contributed by atoms with Crippen molar-refractivity contribution in [3.8, 4) is 0 Å². The fourth-order valence-corrected chi connectivity index (χ4v) is 4.52. The molecule has 2 saturated heterocycles.